The summed E-state index contributed by atoms with van der Waals surface area (Å²) in [5, 5.41) is 7.58. The molecule has 1 N–H and O–H groups in total. The molecule has 0 unspecified atom stereocenters. The molecule has 2 aromatic rings. The molecule has 18 heavy (non-hydrogen) atoms. The Morgan fingerprint density at radius 1 is 1.39 bits per heavy atom. The van der Waals surface area contributed by atoms with E-state index in [0.717, 1.165) is 11.6 Å². The molecule has 0 atom stereocenters. The summed E-state index contributed by atoms with van der Waals surface area (Å²) in [5.41, 5.74) is 1.37. The molecule has 1 saturated carbocycles. The highest BCUT2D eigenvalue weighted by atomic mass is 35.5. The van der Waals surface area contributed by atoms with Gasteiger partial charge in [-0.15, -0.1) is 11.3 Å². The Kier molecular flexibility index (Phi) is 3.64. The highest BCUT2D eigenvalue weighted by Crippen LogP contribution is 2.37. The van der Waals surface area contributed by atoms with Crippen molar-refractivity contribution in [2.24, 2.45) is 0 Å². The molecular weight excluding hydrogens is 264 g/mol. The minimum Gasteiger partial charge on any atom is -0.308 e. The van der Waals surface area contributed by atoms with Gasteiger partial charge in [-0.05, 0) is 36.5 Å². The van der Waals surface area contributed by atoms with Gasteiger partial charge in [-0.3, -0.25) is 0 Å². The van der Waals surface area contributed by atoms with Crippen molar-refractivity contribution >= 4 is 22.9 Å². The van der Waals surface area contributed by atoms with Gasteiger partial charge < -0.3 is 5.32 Å². The molecule has 0 bridgehead atoms. The second-order valence-corrected chi connectivity index (χ2v) is 6.14. The van der Waals surface area contributed by atoms with Crippen molar-refractivity contribution < 1.29 is 0 Å². The van der Waals surface area contributed by atoms with Crippen LogP contribution >= 0.6 is 22.9 Å². The number of thiazole rings is 1. The van der Waals surface area contributed by atoms with Crippen LogP contribution < -0.4 is 5.32 Å². The normalized spacial score (nSPS) is 22.7. The smallest absolute Gasteiger partial charge is 0.106 e. The van der Waals surface area contributed by atoms with Crippen molar-refractivity contribution in [2.45, 2.75) is 31.3 Å². The predicted molar refractivity (Wildman–Crippen MR) is 76.2 cm³/mol. The van der Waals surface area contributed by atoms with E-state index in [4.69, 9.17) is 11.6 Å². The average molecular weight is 279 g/mol. The van der Waals surface area contributed by atoms with E-state index in [9.17, 15) is 0 Å². The fourth-order valence-corrected chi connectivity index (χ4v) is 3.16. The van der Waals surface area contributed by atoms with Gasteiger partial charge in [-0.25, -0.2) is 4.98 Å². The van der Waals surface area contributed by atoms with Crippen molar-refractivity contribution in [1.29, 1.82) is 0 Å². The summed E-state index contributed by atoms with van der Waals surface area (Å²) in [6.07, 6.45) is 4.26. The minimum absolute atomic E-state index is 0.623. The van der Waals surface area contributed by atoms with Gasteiger partial charge >= 0.3 is 0 Å². The van der Waals surface area contributed by atoms with Crippen LogP contribution in [0.25, 0.3) is 0 Å². The summed E-state index contributed by atoms with van der Waals surface area (Å²) >= 11 is 7.72. The lowest BCUT2D eigenvalue weighted by molar-refractivity contribution is 0.289. The Morgan fingerprint density at radius 3 is 3.00 bits per heavy atom. The number of benzene rings is 1. The molecule has 0 spiro atoms. The van der Waals surface area contributed by atoms with Crippen LogP contribution in [0.1, 0.15) is 29.3 Å². The van der Waals surface area contributed by atoms with Crippen molar-refractivity contribution in [3.63, 3.8) is 0 Å². The second kappa shape index (κ2) is 5.39. The summed E-state index contributed by atoms with van der Waals surface area (Å²) in [5.74, 6) is 0.664. The molecule has 0 amide bonds. The summed E-state index contributed by atoms with van der Waals surface area (Å²) in [6, 6.07) is 8.85. The third-order valence-corrected chi connectivity index (χ3v) is 4.50. The van der Waals surface area contributed by atoms with E-state index in [1.807, 2.05) is 23.7 Å². The van der Waals surface area contributed by atoms with E-state index in [1.54, 1.807) is 11.3 Å². The minimum atomic E-state index is 0.623. The molecule has 94 valence electrons. The largest absolute Gasteiger partial charge is 0.308 e. The maximum Gasteiger partial charge on any atom is 0.106 e. The van der Waals surface area contributed by atoms with Crippen LogP contribution in [0.4, 0.5) is 0 Å². The van der Waals surface area contributed by atoms with E-state index in [0.29, 0.717) is 12.0 Å². The Balaban J connectivity index is 1.48. The fraction of sp³-hybridized carbons (Fsp3) is 0.357. The van der Waals surface area contributed by atoms with Gasteiger partial charge in [0.15, 0.2) is 0 Å². The van der Waals surface area contributed by atoms with E-state index in [1.165, 1.54) is 23.4 Å². The zero-order valence-corrected chi connectivity index (χ0v) is 11.5. The Labute approximate surface area is 116 Å². The van der Waals surface area contributed by atoms with Crippen molar-refractivity contribution in [2.75, 3.05) is 0 Å². The molecular formula is C14H15ClN2S. The van der Waals surface area contributed by atoms with Crippen LogP contribution in [0.2, 0.25) is 5.02 Å². The topological polar surface area (TPSA) is 24.9 Å². The van der Waals surface area contributed by atoms with Gasteiger partial charge in [0.05, 0.1) is 0 Å². The number of aromatic nitrogens is 1. The van der Waals surface area contributed by atoms with Crippen molar-refractivity contribution in [1.82, 2.24) is 10.3 Å². The molecule has 1 fully saturated rings. The zero-order valence-electron chi connectivity index (χ0n) is 9.97. The lowest BCUT2D eigenvalue weighted by atomic mass is 9.76. The molecule has 1 aromatic carbocycles. The van der Waals surface area contributed by atoms with Crippen molar-refractivity contribution in [3.8, 4) is 0 Å². The molecule has 0 aliphatic heterocycles. The number of halogens is 1. The average Bonchev–Trinajstić information content (AvgIpc) is 2.80. The lowest BCUT2D eigenvalue weighted by Gasteiger charge is -2.36. The maximum absolute atomic E-state index is 6.01. The third-order valence-electron chi connectivity index (χ3n) is 3.48. The first-order chi connectivity index (χ1) is 8.81. The molecule has 0 saturated heterocycles. The fourth-order valence-electron chi connectivity index (χ4n) is 2.39. The quantitative estimate of drug-likeness (QED) is 0.919. The molecule has 4 heteroatoms. The highest BCUT2D eigenvalue weighted by molar-refractivity contribution is 7.09. The monoisotopic (exact) mass is 278 g/mol. The van der Waals surface area contributed by atoms with E-state index in [-0.39, 0.29) is 0 Å². The highest BCUT2D eigenvalue weighted by Gasteiger charge is 2.29. The van der Waals surface area contributed by atoms with Crippen LogP contribution in [-0.2, 0) is 6.54 Å². The molecule has 2 nitrogen and oxygen atoms in total. The number of nitrogens with zero attached hydrogens (tertiary/aromatic N) is 1. The number of hydrogen-bond acceptors (Lipinski definition) is 3. The van der Waals surface area contributed by atoms with Gasteiger partial charge in [0.2, 0.25) is 0 Å². The van der Waals surface area contributed by atoms with E-state index in [2.05, 4.69) is 22.4 Å². The summed E-state index contributed by atoms with van der Waals surface area (Å²) in [4.78, 5) is 4.27. The summed E-state index contributed by atoms with van der Waals surface area (Å²) in [6.45, 7) is 0.893. The summed E-state index contributed by atoms with van der Waals surface area (Å²) in [7, 11) is 0. The molecule has 1 aliphatic rings. The SMILES string of the molecule is Clc1cccc(C2CC(NCc3nccs3)C2)c1. The van der Waals surface area contributed by atoms with E-state index >= 15 is 0 Å². The standard InChI is InChI=1S/C14H15ClN2S/c15-12-3-1-2-10(6-12)11-7-13(8-11)17-9-14-16-4-5-18-14/h1-6,11,13,17H,7-9H2. The number of nitrogens with one attached hydrogen (secondary N) is 1. The van der Waals surface area contributed by atoms with E-state index < -0.39 is 0 Å². The zero-order chi connectivity index (χ0) is 12.4. The molecule has 1 heterocycles. The Bertz CT molecular complexity index is 506. The second-order valence-electron chi connectivity index (χ2n) is 4.73. The van der Waals surface area contributed by atoms with Gasteiger partial charge in [0.25, 0.3) is 0 Å². The molecule has 3 rings (SSSR count). The number of hydrogen-bond donors (Lipinski definition) is 1. The molecule has 1 aromatic heterocycles. The Hall–Kier alpha value is -0.900. The van der Waals surface area contributed by atoms with Gasteiger partial charge in [-0.1, -0.05) is 23.7 Å². The van der Waals surface area contributed by atoms with Crippen LogP contribution in [0, 0.1) is 0 Å². The lowest BCUT2D eigenvalue weighted by Crippen LogP contribution is -2.39. The van der Waals surface area contributed by atoms with Crippen LogP contribution in [0.3, 0.4) is 0 Å². The third kappa shape index (κ3) is 2.74. The van der Waals surface area contributed by atoms with Gasteiger partial charge in [-0.2, -0.15) is 0 Å². The Morgan fingerprint density at radius 2 is 2.28 bits per heavy atom. The molecule has 1 aliphatic carbocycles. The van der Waals surface area contributed by atoms with Crippen LogP contribution in [0.15, 0.2) is 35.8 Å². The first-order valence-electron chi connectivity index (χ1n) is 6.18. The summed E-state index contributed by atoms with van der Waals surface area (Å²) < 4.78 is 0. The number of rotatable bonds is 4. The van der Waals surface area contributed by atoms with Gasteiger partial charge in [0.1, 0.15) is 5.01 Å². The van der Waals surface area contributed by atoms with Crippen LogP contribution in [0.5, 0.6) is 0 Å². The predicted octanol–water partition coefficient (Wildman–Crippen LogP) is 3.83. The van der Waals surface area contributed by atoms with Gasteiger partial charge in [0, 0.05) is 29.2 Å². The first-order valence-corrected chi connectivity index (χ1v) is 7.44. The maximum atomic E-state index is 6.01. The first kappa shape index (κ1) is 12.2. The van der Waals surface area contributed by atoms with Crippen LogP contribution in [-0.4, -0.2) is 11.0 Å². The van der Waals surface area contributed by atoms with Crippen molar-refractivity contribution in [3.05, 3.63) is 51.4 Å². The molecule has 0 radical (unpaired) electrons.